The van der Waals surface area contributed by atoms with Crippen molar-refractivity contribution in [3.63, 3.8) is 0 Å². The van der Waals surface area contributed by atoms with Crippen molar-refractivity contribution in [2.45, 2.75) is 90.0 Å². The van der Waals surface area contributed by atoms with Gasteiger partial charge in [0.05, 0.1) is 22.2 Å². The molecule has 2 saturated heterocycles. The standard InChI is InChI=1S/C34H50N6O6S2/c1-22-28(47-21-36-22)25-10-8-24(9-11-25)19-35-30(43)27-18-26(42)20-40(27)31(44)29(37-23(2)41)34(6,7)48-17-16-38-12-14-39(15-13-38)32(45)46-33(3,4)5/h8-11,21,26-27,29,42H,12-20H2,1-7H3,(H,35,43)(H,37,41)/t26-,27+,29?/m1/s1. The van der Waals surface area contributed by atoms with Crippen LogP contribution in [-0.2, 0) is 25.7 Å². The maximum absolute atomic E-state index is 14.0. The van der Waals surface area contributed by atoms with Crippen molar-refractivity contribution < 1.29 is 29.0 Å². The highest BCUT2D eigenvalue weighted by molar-refractivity contribution is 8.00. The topological polar surface area (TPSA) is 144 Å². The highest BCUT2D eigenvalue weighted by Gasteiger charge is 2.45. The van der Waals surface area contributed by atoms with E-state index in [1.807, 2.05) is 71.3 Å². The minimum atomic E-state index is -0.910. The van der Waals surface area contributed by atoms with Gasteiger partial charge < -0.3 is 30.3 Å². The van der Waals surface area contributed by atoms with E-state index in [1.165, 1.54) is 11.8 Å². The van der Waals surface area contributed by atoms with E-state index in [4.69, 9.17) is 4.74 Å². The highest BCUT2D eigenvalue weighted by Crippen LogP contribution is 2.32. The van der Waals surface area contributed by atoms with E-state index in [9.17, 15) is 24.3 Å². The molecule has 3 N–H and O–H groups in total. The molecule has 0 radical (unpaired) electrons. The zero-order valence-corrected chi connectivity index (χ0v) is 30.7. The summed E-state index contributed by atoms with van der Waals surface area (Å²) in [5, 5.41) is 16.3. The van der Waals surface area contributed by atoms with E-state index in [0.29, 0.717) is 31.9 Å². The summed E-state index contributed by atoms with van der Waals surface area (Å²) in [6.07, 6.45) is -1.03. The van der Waals surface area contributed by atoms with Gasteiger partial charge in [-0.1, -0.05) is 24.3 Å². The first-order chi connectivity index (χ1) is 22.5. The fraction of sp³-hybridized carbons (Fsp3) is 0.618. The average molecular weight is 703 g/mol. The van der Waals surface area contributed by atoms with Crippen LogP contribution in [0.1, 0.15) is 59.2 Å². The minimum Gasteiger partial charge on any atom is -0.444 e. The fourth-order valence-corrected chi connectivity index (χ4v) is 7.88. The third kappa shape index (κ3) is 10.2. The van der Waals surface area contributed by atoms with Crippen molar-refractivity contribution >= 4 is 46.9 Å². The molecule has 14 heteroatoms. The summed E-state index contributed by atoms with van der Waals surface area (Å²) in [5.74, 6) is -0.399. The zero-order chi connectivity index (χ0) is 35.2. The molecular weight excluding hydrogens is 653 g/mol. The fourth-order valence-electron chi connectivity index (χ4n) is 5.87. The lowest BCUT2D eigenvalue weighted by molar-refractivity contribution is -0.142. The number of aliphatic hydroxyl groups is 1. The number of aliphatic hydroxyl groups excluding tert-OH is 1. The first-order valence-electron chi connectivity index (χ1n) is 16.4. The molecule has 4 amide bonds. The van der Waals surface area contributed by atoms with E-state index in [-0.39, 0.29) is 37.4 Å². The smallest absolute Gasteiger partial charge is 0.410 e. The minimum absolute atomic E-state index is 0.0125. The second kappa shape index (κ2) is 16.0. The van der Waals surface area contributed by atoms with Crippen molar-refractivity contribution in [2.24, 2.45) is 0 Å². The molecule has 4 rings (SSSR count). The summed E-state index contributed by atoms with van der Waals surface area (Å²) in [7, 11) is 0. The summed E-state index contributed by atoms with van der Waals surface area (Å²) < 4.78 is 4.78. The van der Waals surface area contributed by atoms with Crippen LogP contribution in [0.4, 0.5) is 4.79 Å². The molecule has 0 bridgehead atoms. The van der Waals surface area contributed by atoms with Gasteiger partial charge in [-0.2, -0.15) is 11.8 Å². The maximum Gasteiger partial charge on any atom is 0.410 e. The van der Waals surface area contributed by atoms with Crippen LogP contribution in [0, 0.1) is 6.92 Å². The number of rotatable bonds is 11. The van der Waals surface area contributed by atoms with Crippen LogP contribution in [0.3, 0.4) is 0 Å². The number of thiazole rings is 1. The van der Waals surface area contributed by atoms with Crippen molar-refractivity contribution in [1.82, 2.24) is 30.3 Å². The Hall–Kier alpha value is -3.20. The number of carbonyl (C=O) groups excluding carboxylic acids is 4. The van der Waals surface area contributed by atoms with Crippen molar-refractivity contribution in [3.05, 3.63) is 41.0 Å². The van der Waals surface area contributed by atoms with Gasteiger partial charge in [0, 0.05) is 69.7 Å². The number of likely N-dealkylation sites (tertiary alicyclic amines) is 1. The van der Waals surface area contributed by atoms with Crippen LogP contribution in [0.2, 0.25) is 0 Å². The Bertz CT molecular complexity index is 1430. The number of β-amino-alcohol motifs (C(OH)–C–C–N with tert-alkyl or cyclic N) is 1. The Morgan fingerprint density at radius 2 is 1.75 bits per heavy atom. The average Bonchev–Trinajstić information content (AvgIpc) is 3.63. The molecule has 0 spiro atoms. The molecular formula is C34H50N6O6S2. The van der Waals surface area contributed by atoms with E-state index < -0.39 is 34.4 Å². The zero-order valence-electron chi connectivity index (χ0n) is 29.1. The molecule has 2 aromatic rings. The van der Waals surface area contributed by atoms with Crippen molar-refractivity contribution in [2.75, 3.05) is 45.0 Å². The Morgan fingerprint density at radius 3 is 2.33 bits per heavy atom. The molecule has 264 valence electrons. The number of piperazine rings is 1. The van der Waals surface area contributed by atoms with Gasteiger partial charge in [0.25, 0.3) is 0 Å². The quantitative estimate of drug-likeness (QED) is 0.322. The number of thioether (sulfide) groups is 1. The molecule has 0 saturated carbocycles. The monoisotopic (exact) mass is 702 g/mol. The number of hydrogen-bond acceptors (Lipinski definition) is 10. The Morgan fingerprint density at radius 1 is 1.08 bits per heavy atom. The summed E-state index contributed by atoms with van der Waals surface area (Å²) in [6, 6.07) is 6.14. The largest absolute Gasteiger partial charge is 0.444 e. The molecule has 1 aromatic heterocycles. The van der Waals surface area contributed by atoms with Gasteiger partial charge in [-0.25, -0.2) is 9.78 Å². The number of carbonyl (C=O) groups is 4. The van der Waals surface area contributed by atoms with Crippen LogP contribution in [0.25, 0.3) is 10.4 Å². The Labute approximate surface area is 292 Å². The molecule has 3 heterocycles. The van der Waals surface area contributed by atoms with Crippen LogP contribution >= 0.6 is 23.1 Å². The number of aromatic nitrogens is 1. The van der Waals surface area contributed by atoms with E-state index in [2.05, 4.69) is 20.5 Å². The summed E-state index contributed by atoms with van der Waals surface area (Å²) in [5.41, 5.74) is 4.22. The second-order valence-corrected chi connectivity index (χ2v) is 16.6. The molecule has 2 fully saturated rings. The molecule has 12 nitrogen and oxygen atoms in total. The van der Waals surface area contributed by atoms with Gasteiger partial charge in [0.15, 0.2) is 0 Å². The van der Waals surface area contributed by atoms with Gasteiger partial charge in [-0.3, -0.25) is 19.3 Å². The van der Waals surface area contributed by atoms with Gasteiger partial charge in [-0.15, -0.1) is 11.3 Å². The number of hydrogen-bond donors (Lipinski definition) is 3. The molecule has 2 aliphatic heterocycles. The Balaban J connectivity index is 1.33. The molecule has 2 aliphatic rings. The van der Waals surface area contributed by atoms with Crippen LogP contribution in [0.15, 0.2) is 29.8 Å². The highest BCUT2D eigenvalue weighted by atomic mass is 32.2. The number of amides is 4. The van der Waals surface area contributed by atoms with Gasteiger partial charge >= 0.3 is 6.09 Å². The molecule has 48 heavy (non-hydrogen) atoms. The predicted octanol–water partition coefficient (Wildman–Crippen LogP) is 3.27. The number of benzene rings is 1. The number of nitrogens with one attached hydrogen (secondary N) is 2. The van der Waals surface area contributed by atoms with Gasteiger partial charge in [-0.05, 0) is 52.7 Å². The normalized spacial score (nSPS) is 19.6. The van der Waals surface area contributed by atoms with Gasteiger partial charge in [0.1, 0.15) is 17.7 Å². The molecule has 0 aliphatic carbocycles. The molecule has 1 unspecified atom stereocenters. The SMILES string of the molecule is CC(=O)NC(C(=O)N1C[C@H](O)C[C@H]1C(=O)NCc1ccc(-c2scnc2C)cc1)C(C)(C)SCCN1CCN(C(=O)OC(C)(C)C)CC1. The predicted molar refractivity (Wildman–Crippen MR) is 189 cm³/mol. The Kier molecular flexibility index (Phi) is 12.5. The number of nitrogens with zero attached hydrogens (tertiary/aromatic N) is 4. The summed E-state index contributed by atoms with van der Waals surface area (Å²) in [4.78, 5) is 63.0. The van der Waals surface area contributed by atoms with Gasteiger partial charge in [0.2, 0.25) is 17.7 Å². The lowest BCUT2D eigenvalue weighted by Gasteiger charge is -2.38. The summed E-state index contributed by atoms with van der Waals surface area (Å²) >= 11 is 3.15. The van der Waals surface area contributed by atoms with E-state index in [1.54, 1.807) is 28.0 Å². The van der Waals surface area contributed by atoms with Crippen molar-refractivity contribution in [3.8, 4) is 10.4 Å². The first-order valence-corrected chi connectivity index (χ1v) is 18.3. The second-order valence-electron chi connectivity index (χ2n) is 14.0. The van der Waals surface area contributed by atoms with E-state index in [0.717, 1.165) is 28.2 Å². The molecule has 1 aromatic carbocycles. The van der Waals surface area contributed by atoms with Crippen molar-refractivity contribution in [1.29, 1.82) is 0 Å². The summed E-state index contributed by atoms with van der Waals surface area (Å²) in [6.45, 7) is 16.3. The number of aryl methyl sites for hydroxylation is 1. The molecule has 3 atom stereocenters. The maximum atomic E-state index is 14.0. The van der Waals surface area contributed by atoms with Crippen LogP contribution in [0.5, 0.6) is 0 Å². The van der Waals surface area contributed by atoms with E-state index >= 15 is 0 Å². The third-order valence-corrected chi connectivity index (χ3v) is 10.8. The number of ether oxygens (including phenoxy) is 1. The lowest BCUT2D eigenvalue weighted by Crippen LogP contribution is -2.59. The lowest BCUT2D eigenvalue weighted by atomic mass is 10.0. The van der Waals surface area contributed by atoms with Crippen LogP contribution < -0.4 is 10.6 Å². The third-order valence-electron chi connectivity index (χ3n) is 8.49. The van der Waals surface area contributed by atoms with Crippen LogP contribution in [-0.4, -0.2) is 122 Å². The first kappa shape index (κ1) is 37.6.